The van der Waals surface area contributed by atoms with Gasteiger partial charge in [-0.1, -0.05) is 25.0 Å². The Hall–Kier alpha value is -4.24. The number of H-pyrrole nitrogens is 1. The van der Waals surface area contributed by atoms with Crippen molar-refractivity contribution in [3.05, 3.63) is 86.3 Å². The van der Waals surface area contributed by atoms with E-state index in [0.29, 0.717) is 60.8 Å². The number of aromatic nitrogens is 1. The second-order valence-corrected chi connectivity index (χ2v) is 11.8. The summed E-state index contributed by atoms with van der Waals surface area (Å²) in [7, 11) is 0. The summed E-state index contributed by atoms with van der Waals surface area (Å²) in [5.74, 6) is -0.291. The number of aromatic amines is 1. The number of carbonyl (C=O) groups excluding carboxylic acids is 3. The molecule has 5 rings (SSSR count). The van der Waals surface area contributed by atoms with Crippen LogP contribution in [0, 0.1) is 26.7 Å². The van der Waals surface area contributed by atoms with Gasteiger partial charge in [-0.05, 0) is 93.1 Å². The van der Waals surface area contributed by atoms with Crippen LogP contribution in [0.1, 0.15) is 75.7 Å². The molecule has 0 unspecified atom stereocenters. The number of anilines is 1. The molecule has 0 spiro atoms. The minimum Gasteiger partial charge on any atom is -0.378 e. The van der Waals surface area contributed by atoms with Crippen LogP contribution in [-0.2, 0) is 16.1 Å². The fraction of sp³-hybridized carbons (Fsp3) is 0.429. The third-order valence-electron chi connectivity index (χ3n) is 8.89. The first-order valence-corrected chi connectivity index (χ1v) is 15.6. The van der Waals surface area contributed by atoms with Gasteiger partial charge in [-0.15, -0.1) is 0 Å². The van der Waals surface area contributed by atoms with Gasteiger partial charge in [0.25, 0.3) is 17.4 Å². The van der Waals surface area contributed by atoms with E-state index in [1.807, 2.05) is 58.0 Å². The van der Waals surface area contributed by atoms with Crippen molar-refractivity contribution in [2.24, 2.45) is 5.92 Å². The topological polar surface area (TPSA) is 112 Å². The van der Waals surface area contributed by atoms with Gasteiger partial charge < -0.3 is 24.8 Å². The van der Waals surface area contributed by atoms with Crippen molar-refractivity contribution in [2.75, 3.05) is 37.7 Å². The first kappa shape index (κ1) is 31.2. The number of carbonyl (C=O) groups is 3. The maximum absolute atomic E-state index is 13.7. The Kier molecular flexibility index (Phi) is 9.64. The Balaban J connectivity index is 1.50. The van der Waals surface area contributed by atoms with Crippen molar-refractivity contribution in [3.8, 4) is 11.1 Å². The van der Waals surface area contributed by atoms with Crippen molar-refractivity contribution in [3.63, 3.8) is 0 Å². The number of nitrogens with one attached hydrogen (secondary N) is 2. The second kappa shape index (κ2) is 13.6. The van der Waals surface area contributed by atoms with Gasteiger partial charge in [-0.2, -0.15) is 0 Å². The molecular formula is C35H42N4O5. The van der Waals surface area contributed by atoms with Crippen LogP contribution in [0.25, 0.3) is 11.1 Å². The Bertz CT molecular complexity index is 1600. The highest BCUT2D eigenvalue weighted by molar-refractivity contribution is 6.02. The molecule has 0 bridgehead atoms. The van der Waals surface area contributed by atoms with Crippen molar-refractivity contribution >= 4 is 23.4 Å². The van der Waals surface area contributed by atoms with Crippen LogP contribution in [0.4, 0.5) is 5.69 Å². The molecule has 0 atom stereocenters. The number of rotatable bonds is 8. The Morgan fingerprint density at radius 2 is 1.66 bits per heavy atom. The Morgan fingerprint density at radius 3 is 2.30 bits per heavy atom. The fourth-order valence-corrected chi connectivity index (χ4v) is 6.34. The highest BCUT2D eigenvalue weighted by Crippen LogP contribution is 2.34. The van der Waals surface area contributed by atoms with Gasteiger partial charge >= 0.3 is 0 Å². The zero-order valence-electron chi connectivity index (χ0n) is 26.1. The number of hydrogen-bond acceptors (Lipinski definition) is 5. The van der Waals surface area contributed by atoms with Crippen LogP contribution in [0.5, 0.6) is 0 Å². The zero-order valence-corrected chi connectivity index (χ0v) is 26.1. The summed E-state index contributed by atoms with van der Waals surface area (Å²) in [5, 5.41) is 2.94. The molecule has 44 heavy (non-hydrogen) atoms. The van der Waals surface area contributed by atoms with Gasteiger partial charge in [0, 0.05) is 60.2 Å². The maximum Gasteiger partial charge on any atom is 0.254 e. The standard InChI is InChI=1S/C35H42N4O5/c1-5-39(35(43)26-8-6-7-9-26)31-20-28(25-10-12-27(13-11-25)34(42)38-14-16-44-17-15-38)19-29(24(31)4)32(40)36-21-30-22(2)18-23(3)37-33(30)41/h10-13,18-20,26H,5-9,14-17,21H2,1-4H3,(H,36,40)(H,37,41). The summed E-state index contributed by atoms with van der Waals surface area (Å²) in [6.07, 6.45) is 3.86. The maximum atomic E-state index is 13.7. The minimum absolute atomic E-state index is 0.0167. The smallest absolute Gasteiger partial charge is 0.254 e. The summed E-state index contributed by atoms with van der Waals surface area (Å²) in [6, 6.07) is 13.1. The van der Waals surface area contributed by atoms with E-state index >= 15 is 0 Å². The molecule has 1 saturated heterocycles. The molecular weight excluding hydrogens is 556 g/mol. The predicted octanol–water partition coefficient (Wildman–Crippen LogP) is 4.91. The molecule has 1 aromatic heterocycles. The quantitative estimate of drug-likeness (QED) is 0.383. The summed E-state index contributed by atoms with van der Waals surface area (Å²) in [4.78, 5) is 59.4. The molecule has 9 nitrogen and oxygen atoms in total. The number of pyridine rings is 1. The predicted molar refractivity (Wildman–Crippen MR) is 171 cm³/mol. The molecule has 232 valence electrons. The van der Waals surface area contributed by atoms with E-state index in [1.165, 1.54) is 0 Å². The molecule has 2 aromatic carbocycles. The lowest BCUT2D eigenvalue weighted by Gasteiger charge is -2.28. The molecule has 3 amide bonds. The van der Waals surface area contributed by atoms with Crippen LogP contribution in [-0.4, -0.2) is 60.5 Å². The number of aryl methyl sites for hydroxylation is 2. The van der Waals surface area contributed by atoms with Gasteiger partial charge in [-0.3, -0.25) is 19.2 Å². The number of nitrogens with zero attached hydrogens (tertiary/aromatic N) is 2. The van der Waals surface area contributed by atoms with Crippen LogP contribution < -0.4 is 15.8 Å². The summed E-state index contributed by atoms with van der Waals surface area (Å²) < 4.78 is 5.38. The summed E-state index contributed by atoms with van der Waals surface area (Å²) in [6.45, 7) is 10.3. The SMILES string of the molecule is CCN(C(=O)C1CCCC1)c1cc(-c2ccc(C(=O)N3CCOCC3)cc2)cc(C(=O)NCc2c(C)cc(C)[nH]c2=O)c1C. The summed E-state index contributed by atoms with van der Waals surface area (Å²) >= 11 is 0. The van der Waals surface area contributed by atoms with Crippen LogP contribution in [0.3, 0.4) is 0 Å². The highest BCUT2D eigenvalue weighted by Gasteiger charge is 2.29. The molecule has 1 aliphatic carbocycles. The zero-order chi connectivity index (χ0) is 31.4. The van der Waals surface area contributed by atoms with Gasteiger partial charge in [0.2, 0.25) is 5.91 Å². The molecule has 2 heterocycles. The lowest BCUT2D eigenvalue weighted by Crippen LogP contribution is -2.40. The Labute approximate surface area is 258 Å². The average molecular weight is 599 g/mol. The van der Waals surface area contributed by atoms with E-state index in [9.17, 15) is 19.2 Å². The first-order chi connectivity index (χ1) is 21.2. The number of morpholine rings is 1. The summed E-state index contributed by atoms with van der Waals surface area (Å²) in [5.41, 5.74) is 5.88. The highest BCUT2D eigenvalue weighted by atomic mass is 16.5. The molecule has 2 N–H and O–H groups in total. The lowest BCUT2D eigenvalue weighted by atomic mass is 9.95. The van der Waals surface area contributed by atoms with Crippen molar-refractivity contribution < 1.29 is 19.1 Å². The monoisotopic (exact) mass is 598 g/mol. The first-order valence-electron chi connectivity index (χ1n) is 15.6. The Morgan fingerprint density at radius 1 is 0.977 bits per heavy atom. The van der Waals surface area contributed by atoms with E-state index in [1.54, 1.807) is 21.9 Å². The normalized spacial score (nSPS) is 15.3. The van der Waals surface area contributed by atoms with Crippen molar-refractivity contribution in [1.29, 1.82) is 0 Å². The lowest BCUT2D eigenvalue weighted by molar-refractivity contribution is -0.122. The van der Waals surface area contributed by atoms with Gasteiger partial charge in [0.15, 0.2) is 0 Å². The molecule has 2 aliphatic rings. The van der Waals surface area contributed by atoms with Gasteiger partial charge in [-0.25, -0.2) is 0 Å². The third-order valence-corrected chi connectivity index (χ3v) is 8.89. The van der Waals surface area contributed by atoms with Gasteiger partial charge in [0.1, 0.15) is 0 Å². The largest absolute Gasteiger partial charge is 0.378 e. The van der Waals surface area contributed by atoms with Crippen LogP contribution >= 0.6 is 0 Å². The number of hydrogen-bond donors (Lipinski definition) is 2. The molecule has 9 heteroatoms. The molecule has 3 aromatic rings. The van der Waals surface area contributed by atoms with E-state index in [2.05, 4.69) is 10.3 Å². The fourth-order valence-electron chi connectivity index (χ4n) is 6.34. The van der Waals surface area contributed by atoms with Crippen molar-refractivity contribution in [2.45, 2.75) is 59.9 Å². The molecule has 0 radical (unpaired) electrons. The molecule has 1 saturated carbocycles. The van der Waals surface area contributed by atoms with Gasteiger partial charge in [0.05, 0.1) is 13.2 Å². The number of benzene rings is 2. The third kappa shape index (κ3) is 6.63. The van der Waals surface area contributed by atoms with Crippen LogP contribution in [0.2, 0.25) is 0 Å². The second-order valence-electron chi connectivity index (χ2n) is 11.8. The van der Waals surface area contributed by atoms with E-state index in [0.717, 1.165) is 48.1 Å². The average Bonchev–Trinajstić information content (AvgIpc) is 3.57. The van der Waals surface area contributed by atoms with Crippen molar-refractivity contribution in [1.82, 2.24) is 15.2 Å². The minimum atomic E-state index is -0.326. The number of ether oxygens (including phenoxy) is 1. The van der Waals surface area contributed by atoms with E-state index in [4.69, 9.17) is 4.74 Å². The molecule has 1 aliphatic heterocycles. The van der Waals surface area contributed by atoms with Crippen LogP contribution in [0.15, 0.2) is 47.3 Å². The molecule has 2 fully saturated rings. The number of amides is 3. The van der Waals surface area contributed by atoms with E-state index < -0.39 is 0 Å². The van der Waals surface area contributed by atoms with E-state index in [-0.39, 0.29) is 35.7 Å².